The third-order valence-corrected chi connectivity index (χ3v) is 3.25. The van der Waals surface area contributed by atoms with Crippen molar-refractivity contribution in [2.45, 2.75) is 0 Å². The van der Waals surface area contributed by atoms with Crippen molar-refractivity contribution in [3.63, 3.8) is 0 Å². The average Bonchev–Trinajstić information content (AvgIpc) is 2.58. The quantitative estimate of drug-likeness (QED) is 0.806. The largest absolute Gasteiger partial charge is 0.496 e. The van der Waals surface area contributed by atoms with Gasteiger partial charge in [0.25, 0.3) is 0 Å². The zero-order valence-electron chi connectivity index (χ0n) is 12.5. The van der Waals surface area contributed by atoms with E-state index in [1.807, 2.05) is 0 Å². The normalized spacial score (nSPS) is 10.1. The maximum absolute atomic E-state index is 14.3. The van der Waals surface area contributed by atoms with Crippen LogP contribution >= 0.6 is 0 Å². The minimum atomic E-state index is -1.68. The third kappa shape index (κ3) is 2.75. The number of hydrogen-bond donors (Lipinski definition) is 0. The summed E-state index contributed by atoms with van der Waals surface area (Å²) in [6.45, 7) is 0. The van der Waals surface area contributed by atoms with Gasteiger partial charge >= 0.3 is 0 Å². The summed E-state index contributed by atoms with van der Waals surface area (Å²) in [5.74, 6) is -4.11. The molecular weight excluding hydrogens is 311 g/mol. The lowest BCUT2D eigenvalue weighted by Gasteiger charge is -2.17. The van der Waals surface area contributed by atoms with E-state index in [0.29, 0.717) is 11.8 Å². The highest BCUT2D eigenvalue weighted by Crippen LogP contribution is 2.44. The van der Waals surface area contributed by atoms with Gasteiger partial charge in [0, 0.05) is 17.7 Å². The summed E-state index contributed by atoms with van der Waals surface area (Å²) < 4.78 is 56.7. The van der Waals surface area contributed by atoms with E-state index >= 15 is 0 Å². The molecule has 0 fully saturated rings. The van der Waals surface area contributed by atoms with E-state index in [-0.39, 0.29) is 22.6 Å². The molecule has 0 bridgehead atoms. The van der Waals surface area contributed by atoms with Crippen LogP contribution in [0.3, 0.4) is 0 Å². The maximum atomic E-state index is 14.3. The molecule has 0 aliphatic carbocycles. The summed E-state index contributed by atoms with van der Waals surface area (Å²) in [7, 11) is 4.02. The first-order valence-electron chi connectivity index (χ1n) is 6.36. The van der Waals surface area contributed by atoms with Crippen molar-refractivity contribution in [1.82, 2.24) is 0 Å². The number of methoxy groups -OCH3 is 3. The smallest absolute Gasteiger partial charge is 0.195 e. The van der Waals surface area contributed by atoms with Crippen molar-refractivity contribution < 1.29 is 27.4 Å². The summed E-state index contributed by atoms with van der Waals surface area (Å²) >= 11 is 0. The molecule has 0 atom stereocenters. The molecule has 2 aromatic rings. The number of ether oxygens (including phenoxy) is 3. The van der Waals surface area contributed by atoms with E-state index in [2.05, 4.69) is 0 Å². The van der Waals surface area contributed by atoms with Crippen LogP contribution in [-0.2, 0) is 0 Å². The van der Waals surface area contributed by atoms with Gasteiger partial charge in [-0.15, -0.1) is 0 Å². The average molecular weight is 323 g/mol. The number of nitriles is 1. The van der Waals surface area contributed by atoms with Gasteiger partial charge < -0.3 is 14.2 Å². The Balaban J connectivity index is 2.92. The Morgan fingerprint density at radius 1 is 0.826 bits per heavy atom. The first-order chi connectivity index (χ1) is 11.0. The Morgan fingerprint density at radius 2 is 1.39 bits per heavy atom. The lowest BCUT2D eigenvalue weighted by atomic mass is 9.97. The molecule has 2 aromatic carbocycles. The second-order valence-corrected chi connectivity index (χ2v) is 4.43. The number of hydrogen-bond acceptors (Lipinski definition) is 4. The molecule has 0 aliphatic heterocycles. The van der Waals surface area contributed by atoms with Gasteiger partial charge in [-0.05, 0) is 6.07 Å². The second kappa shape index (κ2) is 6.48. The molecule has 0 N–H and O–H groups in total. The Labute approximate surface area is 130 Å². The second-order valence-electron chi connectivity index (χ2n) is 4.43. The van der Waals surface area contributed by atoms with Gasteiger partial charge in [0.1, 0.15) is 17.2 Å². The lowest BCUT2D eigenvalue weighted by molar-refractivity contribution is 0.377. The maximum Gasteiger partial charge on any atom is 0.195 e. The molecule has 120 valence electrons. The SMILES string of the molecule is COc1cc(OC)c(-c2c(C#N)cc(F)c(F)c2F)c(OC)c1. The first-order valence-corrected chi connectivity index (χ1v) is 6.36. The van der Waals surface area contributed by atoms with Crippen LogP contribution < -0.4 is 14.2 Å². The predicted molar refractivity (Wildman–Crippen MR) is 76.1 cm³/mol. The minimum Gasteiger partial charge on any atom is -0.496 e. The van der Waals surface area contributed by atoms with E-state index in [1.165, 1.54) is 33.5 Å². The van der Waals surface area contributed by atoms with E-state index < -0.39 is 23.0 Å². The van der Waals surface area contributed by atoms with Gasteiger partial charge in [0.05, 0.1) is 38.5 Å². The highest BCUT2D eigenvalue weighted by molar-refractivity contribution is 5.82. The molecule has 0 saturated heterocycles. The van der Waals surface area contributed by atoms with Crippen LogP contribution in [0, 0.1) is 28.8 Å². The molecule has 0 saturated carbocycles. The lowest BCUT2D eigenvalue weighted by Crippen LogP contribution is -2.02. The molecule has 0 amide bonds. The van der Waals surface area contributed by atoms with Crippen LogP contribution in [0.2, 0.25) is 0 Å². The molecule has 2 rings (SSSR count). The third-order valence-electron chi connectivity index (χ3n) is 3.25. The van der Waals surface area contributed by atoms with Gasteiger partial charge in [-0.1, -0.05) is 0 Å². The molecule has 0 aliphatic rings. The topological polar surface area (TPSA) is 51.5 Å². The van der Waals surface area contributed by atoms with Crippen molar-refractivity contribution in [3.8, 4) is 34.4 Å². The molecule has 0 aromatic heterocycles. The zero-order valence-corrected chi connectivity index (χ0v) is 12.5. The summed E-state index contributed by atoms with van der Waals surface area (Å²) in [6.07, 6.45) is 0. The van der Waals surface area contributed by atoms with Gasteiger partial charge in [-0.25, -0.2) is 13.2 Å². The highest BCUT2D eigenvalue weighted by Gasteiger charge is 2.26. The fourth-order valence-corrected chi connectivity index (χ4v) is 2.18. The van der Waals surface area contributed by atoms with Crippen molar-refractivity contribution >= 4 is 0 Å². The van der Waals surface area contributed by atoms with E-state index in [4.69, 9.17) is 19.5 Å². The zero-order chi connectivity index (χ0) is 17.1. The standard InChI is InChI=1S/C16H12F3NO3/c1-21-9-5-11(22-2)14(12(6-9)23-3)13-8(7-20)4-10(17)15(18)16(13)19/h4-6H,1-3H3. The van der Waals surface area contributed by atoms with Crippen LogP contribution in [0.15, 0.2) is 18.2 Å². The number of halogens is 3. The Hall–Kier alpha value is -2.88. The van der Waals surface area contributed by atoms with Gasteiger partial charge in [-0.3, -0.25) is 0 Å². The molecule has 0 heterocycles. The van der Waals surface area contributed by atoms with Gasteiger partial charge in [-0.2, -0.15) is 5.26 Å². The van der Waals surface area contributed by atoms with Gasteiger partial charge in [0.15, 0.2) is 17.5 Å². The fraction of sp³-hybridized carbons (Fsp3) is 0.188. The van der Waals surface area contributed by atoms with Gasteiger partial charge in [0.2, 0.25) is 0 Å². The Kier molecular flexibility index (Phi) is 4.65. The molecular formula is C16H12F3NO3. The monoisotopic (exact) mass is 323 g/mol. The highest BCUT2D eigenvalue weighted by atomic mass is 19.2. The Morgan fingerprint density at radius 3 is 1.83 bits per heavy atom. The molecule has 0 unspecified atom stereocenters. The molecule has 7 heteroatoms. The van der Waals surface area contributed by atoms with E-state index in [1.54, 1.807) is 6.07 Å². The molecule has 0 radical (unpaired) electrons. The molecule has 0 spiro atoms. The van der Waals surface area contributed by atoms with Crippen molar-refractivity contribution in [1.29, 1.82) is 5.26 Å². The summed E-state index contributed by atoms with van der Waals surface area (Å²) in [6, 6.07) is 5.10. The predicted octanol–water partition coefficient (Wildman–Crippen LogP) is 3.67. The van der Waals surface area contributed by atoms with Crippen LogP contribution in [0.25, 0.3) is 11.1 Å². The summed E-state index contributed by atoms with van der Waals surface area (Å²) in [5.41, 5.74) is -0.838. The Bertz CT molecular complexity index is 775. The minimum absolute atomic E-state index is 0.0104. The van der Waals surface area contributed by atoms with Crippen molar-refractivity contribution in [2.24, 2.45) is 0 Å². The van der Waals surface area contributed by atoms with Crippen LogP contribution in [-0.4, -0.2) is 21.3 Å². The molecule has 23 heavy (non-hydrogen) atoms. The van der Waals surface area contributed by atoms with E-state index in [0.717, 1.165) is 0 Å². The van der Waals surface area contributed by atoms with Crippen molar-refractivity contribution in [3.05, 3.63) is 41.2 Å². The van der Waals surface area contributed by atoms with Crippen LogP contribution in [0.5, 0.6) is 17.2 Å². The fourth-order valence-electron chi connectivity index (χ4n) is 2.18. The first kappa shape index (κ1) is 16.5. The van der Waals surface area contributed by atoms with Crippen molar-refractivity contribution in [2.75, 3.05) is 21.3 Å². The number of benzene rings is 2. The summed E-state index contributed by atoms with van der Waals surface area (Å²) in [5, 5.41) is 9.14. The van der Waals surface area contributed by atoms with Crippen LogP contribution in [0.4, 0.5) is 13.2 Å². The molecule has 4 nitrogen and oxygen atoms in total. The van der Waals surface area contributed by atoms with E-state index in [9.17, 15) is 13.2 Å². The number of rotatable bonds is 4. The van der Waals surface area contributed by atoms with Crippen LogP contribution in [0.1, 0.15) is 5.56 Å². The number of nitrogens with zero attached hydrogens (tertiary/aromatic N) is 1. The summed E-state index contributed by atoms with van der Waals surface area (Å²) in [4.78, 5) is 0.